The van der Waals surface area contributed by atoms with Crippen LogP contribution in [0.4, 0.5) is 5.13 Å². The first-order valence-corrected chi connectivity index (χ1v) is 12.3. The van der Waals surface area contributed by atoms with Crippen LogP contribution < -0.4 is 10.1 Å². The van der Waals surface area contributed by atoms with Gasteiger partial charge in [0.15, 0.2) is 10.2 Å². The fraction of sp³-hybridized carbons (Fsp3) is 0.450. The van der Waals surface area contributed by atoms with Gasteiger partial charge in [0, 0.05) is 25.3 Å². The lowest BCUT2D eigenvalue weighted by Gasteiger charge is -2.30. The minimum absolute atomic E-state index is 0.0161. The van der Waals surface area contributed by atoms with E-state index in [1.807, 2.05) is 32.0 Å². The molecule has 0 spiro atoms. The van der Waals surface area contributed by atoms with E-state index in [2.05, 4.69) is 15.3 Å². The summed E-state index contributed by atoms with van der Waals surface area (Å²) in [4.78, 5) is 21.4. The van der Waals surface area contributed by atoms with Crippen LogP contribution in [-0.2, 0) is 14.8 Å². The molecule has 1 fully saturated rings. The number of nitrogens with one attached hydrogen (secondary N) is 1. The van der Waals surface area contributed by atoms with Crippen molar-refractivity contribution in [3.63, 3.8) is 0 Å². The summed E-state index contributed by atoms with van der Waals surface area (Å²) in [6.45, 7) is 4.41. The van der Waals surface area contributed by atoms with Gasteiger partial charge in [-0.15, -0.1) is 0 Å². The van der Waals surface area contributed by atoms with Crippen molar-refractivity contribution >= 4 is 42.6 Å². The smallest absolute Gasteiger partial charge is 0.262 e. The van der Waals surface area contributed by atoms with Gasteiger partial charge in [0.25, 0.3) is 10.0 Å². The van der Waals surface area contributed by atoms with Crippen LogP contribution in [0, 0.1) is 5.92 Å². The van der Waals surface area contributed by atoms with Gasteiger partial charge in [-0.3, -0.25) is 4.79 Å². The van der Waals surface area contributed by atoms with Crippen molar-refractivity contribution in [3.05, 3.63) is 30.7 Å². The van der Waals surface area contributed by atoms with Crippen molar-refractivity contribution in [1.82, 2.24) is 18.8 Å². The number of imidazole rings is 1. The predicted molar refractivity (Wildman–Crippen MR) is 119 cm³/mol. The first-order chi connectivity index (χ1) is 14.8. The van der Waals surface area contributed by atoms with Crippen molar-refractivity contribution in [3.8, 4) is 5.75 Å². The van der Waals surface area contributed by atoms with E-state index in [4.69, 9.17) is 4.74 Å². The third-order valence-corrected chi connectivity index (χ3v) is 8.04. The molecular formula is C20H25N5O4S2. The Labute approximate surface area is 185 Å². The number of nitrogens with zero attached hydrogens (tertiary/aromatic N) is 4. The highest BCUT2D eigenvalue weighted by atomic mass is 32.2. The first-order valence-electron chi connectivity index (χ1n) is 10.1. The number of sulfonamides is 1. The number of aromatic nitrogens is 3. The van der Waals surface area contributed by atoms with Crippen molar-refractivity contribution < 1.29 is 17.9 Å². The zero-order chi connectivity index (χ0) is 22.2. The van der Waals surface area contributed by atoms with Crippen LogP contribution in [0.5, 0.6) is 5.75 Å². The summed E-state index contributed by atoms with van der Waals surface area (Å²) < 4.78 is 35.3. The third-order valence-electron chi connectivity index (χ3n) is 5.36. The van der Waals surface area contributed by atoms with Crippen LogP contribution >= 0.6 is 11.3 Å². The Bertz CT molecular complexity index is 1200. The highest BCUT2D eigenvalue weighted by Crippen LogP contribution is 2.30. The zero-order valence-corrected chi connectivity index (χ0v) is 19.2. The summed E-state index contributed by atoms with van der Waals surface area (Å²) in [6.07, 6.45) is 4.29. The molecular weight excluding hydrogens is 438 g/mol. The van der Waals surface area contributed by atoms with Crippen LogP contribution in [0.15, 0.2) is 35.7 Å². The maximum atomic E-state index is 13.0. The maximum absolute atomic E-state index is 13.0. The van der Waals surface area contributed by atoms with Gasteiger partial charge in [0.2, 0.25) is 5.91 Å². The maximum Gasteiger partial charge on any atom is 0.262 e. The Kier molecular flexibility index (Phi) is 6.00. The number of amides is 1. The molecule has 2 aromatic heterocycles. The number of hydrogen-bond acceptors (Lipinski definition) is 7. The fourth-order valence-corrected chi connectivity index (χ4v) is 5.88. The number of piperidine rings is 1. The third kappa shape index (κ3) is 4.43. The summed E-state index contributed by atoms with van der Waals surface area (Å²) in [5.41, 5.74) is 0.773. The normalized spacial score (nSPS) is 17.9. The molecule has 0 bridgehead atoms. The Balaban J connectivity index is 1.47. The largest absolute Gasteiger partial charge is 0.497 e. The summed E-state index contributed by atoms with van der Waals surface area (Å²) in [5.74, 6) is 0.0537. The SMILES string of the molecule is COc1ccc2nc(NC(=O)C3CCCN(S(=O)(=O)c4cn(C(C)C)cn4)C3)sc2c1. The number of fused-ring (bicyclic) bond motifs is 1. The second-order valence-corrected chi connectivity index (χ2v) is 10.7. The summed E-state index contributed by atoms with van der Waals surface area (Å²) >= 11 is 1.36. The lowest BCUT2D eigenvalue weighted by atomic mass is 9.99. The van der Waals surface area contributed by atoms with Gasteiger partial charge in [-0.1, -0.05) is 11.3 Å². The Morgan fingerprint density at radius 1 is 1.35 bits per heavy atom. The molecule has 11 heteroatoms. The van der Waals surface area contributed by atoms with Crippen molar-refractivity contribution in [2.24, 2.45) is 5.92 Å². The van der Waals surface area contributed by atoms with E-state index in [-0.39, 0.29) is 23.5 Å². The van der Waals surface area contributed by atoms with E-state index in [1.165, 1.54) is 22.0 Å². The summed E-state index contributed by atoms with van der Waals surface area (Å²) in [5, 5.41) is 3.36. The molecule has 0 saturated carbocycles. The quantitative estimate of drug-likeness (QED) is 0.602. The standard InChI is InChI=1S/C20H25N5O4S2/c1-13(2)24-11-18(21-12-24)31(27,28)25-8-4-5-14(10-25)19(26)23-20-22-16-7-6-15(29-3)9-17(16)30-20/h6-7,9,11-14H,4-5,8,10H2,1-3H3,(H,22,23,26). The molecule has 4 rings (SSSR count). The molecule has 0 radical (unpaired) electrons. The van der Waals surface area contributed by atoms with Gasteiger partial charge >= 0.3 is 0 Å². The zero-order valence-electron chi connectivity index (χ0n) is 17.6. The van der Waals surface area contributed by atoms with Crippen LogP contribution in [-0.4, -0.2) is 53.4 Å². The number of ether oxygens (including phenoxy) is 1. The minimum atomic E-state index is -3.75. The lowest BCUT2D eigenvalue weighted by Crippen LogP contribution is -2.43. The monoisotopic (exact) mass is 463 g/mol. The number of carbonyl (C=O) groups excluding carboxylic acids is 1. The molecule has 3 heterocycles. The molecule has 1 amide bonds. The molecule has 9 nitrogen and oxygen atoms in total. The van der Waals surface area contributed by atoms with Crippen LogP contribution in [0.25, 0.3) is 10.2 Å². The number of thiazole rings is 1. The van der Waals surface area contributed by atoms with E-state index < -0.39 is 15.9 Å². The van der Waals surface area contributed by atoms with Crippen LogP contribution in [0.2, 0.25) is 0 Å². The number of anilines is 1. The molecule has 3 aromatic rings. The van der Waals surface area contributed by atoms with E-state index in [9.17, 15) is 13.2 Å². The number of hydrogen-bond donors (Lipinski definition) is 1. The molecule has 1 saturated heterocycles. The summed E-state index contributed by atoms with van der Waals surface area (Å²) in [6, 6.07) is 5.64. The van der Waals surface area contributed by atoms with Crippen molar-refractivity contribution in [2.75, 3.05) is 25.5 Å². The van der Waals surface area contributed by atoms with Gasteiger partial charge in [-0.2, -0.15) is 4.31 Å². The molecule has 166 valence electrons. The predicted octanol–water partition coefficient (Wildman–Crippen LogP) is 3.12. The molecule has 1 atom stereocenters. The van der Waals surface area contributed by atoms with E-state index in [1.54, 1.807) is 17.9 Å². The molecule has 0 aliphatic carbocycles. The van der Waals surface area contributed by atoms with E-state index >= 15 is 0 Å². The topological polar surface area (TPSA) is 106 Å². The van der Waals surface area contributed by atoms with E-state index in [0.717, 1.165) is 16.0 Å². The number of benzene rings is 1. The van der Waals surface area contributed by atoms with Crippen LogP contribution in [0.3, 0.4) is 0 Å². The highest BCUT2D eigenvalue weighted by molar-refractivity contribution is 7.89. The summed E-state index contributed by atoms with van der Waals surface area (Å²) in [7, 11) is -2.15. The Morgan fingerprint density at radius 3 is 2.87 bits per heavy atom. The first kappa shape index (κ1) is 21.7. The molecule has 1 aliphatic heterocycles. The van der Waals surface area contributed by atoms with Gasteiger partial charge in [-0.25, -0.2) is 18.4 Å². The molecule has 1 N–H and O–H groups in total. The average molecular weight is 464 g/mol. The lowest BCUT2D eigenvalue weighted by molar-refractivity contribution is -0.120. The number of methoxy groups -OCH3 is 1. The second-order valence-electron chi connectivity index (χ2n) is 7.80. The van der Waals surface area contributed by atoms with Gasteiger partial charge in [0.05, 0.1) is 29.6 Å². The molecule has 1 unspecified atom stereocenters. The molecule has 1 aromatic carbocycles. The fourth-order valence-electron chi connectivity index (χ4n) is 3.53. The Hall–Kier alpha value is -2.50. The van der Waals surface area contributed by atoms with Crippen molar-refractivity contribution in [1.29, 1.82) is 0 Å². The average Bonchev–Trinajstić information content (AvgIpc) is 3.40. The Morgan fingerprint density at radius 2 is 2.16 bits per heavy atom. The van der Waals surface area contributed by atoms with Crippen LogP contribution in [0.1, 0.15) is 32.7 Å². The molecule has 1 aliphatic rings. The molecule has 31 heavy (non-hydrogen) atoms. The van der Waals surface area contributed by atoms with Crippen molar-refractivity contribution in [2.45, 2.75) is 37.8 Å². The minimum Gasteiger partial charge on any atom is -0.497 e. The van der Waals surface area contributed by atoms with E-state index in [0.29, 0.717) is 24.5 Å². The van der Waals surface area contributed by atoms with Gasteiger partial charge < -0.3 is 14.6 Å². The second kappa shape index (κ2) is 8.56. The van der Waals surface area contributed by atoms with Gasteiger partial charge in [0.1, 0.15) is 5.75 Å². The van der Waals surface area contributed by atoms with Gasteiger partial charge in [-0.05, 0) is 44.9 Å². The highest BCUT2D eigenvalue weighted by Gasteiger charge is 2.34. The number of rotatable bonds is 6. The number of carbonyl (C=O) groups is 1.